The Kier molecular flexibility index (Phi) is 6.45. The zero-order valence-electron chi connectivity index (χ0n) is 25.0. The summed E-state index contributed by atoms with van der Waals surface area (Å²) in [4.78, 5) is 0. The van der Waals surface area contributed by atoms with Crippen LogP contribution in [0.4, 0.5) is 0 Å². The first-order valence-corrected chi connectivity index (χ1v) is 14.6. The van der Waals surface area contributed by atoms with Crippen LogP contribution in [0.5, 0.6) is 0 Å². The van der Waals surface area contributed by atoms with Crippen LogP contribution in [0.3, 0.4) is 0 Å². The van der Waals surface area contributed by atoms with Crippen molar-refractivity contribution in [3.63, 3.8) is 0 Å². The first kappa shape index (κ1) is 27.7. The van der Waals surface area contributed by atoms with Crippen LogP contribution in [0.1, 0.15) is 38.8 Å². The molecule has 2 heterocycles. The van der Waals surface area contributed by atoms with E-state index in [4.69, 9.17) is 13.7 Å². The molecule has 0 aliphatic carbocycles. The highest BCUT2D eigenvalue weighted by atomic mass is 16.7. The minimum absolute atomic E-state index is 0.541. The minimum Gasteiger partial charge on any atom is -0.456 e. The number of para-hydroxylation sites is 1. The van der Waals surface area contributed by atoms with Gasteiger partial charge in [0.2, 0.25) is 0 Å². The molecule has 1 fully saturated rings. The Morgan fingerprint density at radius 1 is 0.568 bits per heavy atom. The number of hydrogen-bond acceptors (Lipinski definition) is 5. The molecule has 0 N–H and O–H groups in total. The maximum atomic E-state index is 9.37. The van der Waals surface area contributed by atoms with Crippen LogP contribution in [-0.2, 0) is 9.31 Å². The van der Waals surface area contributed by atoms with Gasteiger partial charge in [-0.05, 0) is 116 Å². The van der Waals surface area contributed by atoms with Gasteiger partial charge in [0.1, 0.15) is 11.2 Å². The van der Waals surface area contributed by atoms with Crippen molar-refractivity contribution in [2.45, 2.75) is 38.9 Å². The Morgan fingerprint density at radius 2 is 1.09 bits per heavy atom. The quantitative estimate of drug-likeness (QED) is 0.198. The van der Waals surface area contributed by atoms with Crippen LogP contribution in [0, 0.1) is 22.7 Å². The normalized spacial score (nSPS) is 15.4. The van der Waals surface area contributed by atoms with E-state index < -0.39 is 18.3 Å². The average Bonchev–Trinajstić information content (AvgIpc) is 3.52. The van der Waals surface area contributed by atoms with Crippen LogP contribution >= 0.6 is 0 Å². The highest BCUT2D eigenvalue weighted by Gasteiger charge is 2.53. The predicted molar refractivity (Wildman–Crippen MR) is 175 cm³/mol. The molecule has 1 aliphatic heterocycles. The first-order chi connectivity index (χ1) is 21.2. The molecule has 0 amide bonds. The Bertz CT molecular complexity index is 2060. The number of furan rings is 1. The standard InChI is InChI=1S/C38H29BN2O3/c1-37(2)38(3,4)44-39(43-37)35-31(17-18-33-32-7-5-6-8-34(32)42-36(33)35)30-20-28(26-13-9-24(22-40)10-14-26)19-29(21-30)27-15-11-25(23-41)12-16-27/h5-21H,1-4H3. The van der Waals surface area contributed by atoms with Crippen LogP contribution in [0.15, 0.2) is 108 Å². The molecule has 0 bridgehead atoms. The summed E-state index contributed by atoms with van der Waals surface area (Å²) in [6.45, 7) is 8.22. The molecule has 5 aromatic carbocycles. The Balaban J connectivity index is 1.50. The molecule has 7 rings (SSSR count). The molecular weight excluding hydrogens is 543 g/mol. The van der Waals surface area contributed by atoms with E-state index in [1.807, 2.05) is 66.7 Å². The van der Waals surface area contributed by atoms with Crippen molar-refractivity contribution in [3.05, 3.63) is 114 Å². The van der Waals surface area contributed by atoms with Crippen LogP contribution in [-0.4, -0.2) is 18.3 Å². The van der Waals surface area contributed by atoms with Crippen molar-refractivity contribution < 1.29 is 13.7 Å². The largest absolute Gasteiger partial charge is 0.499 e. The van der Waals surface area contributed by atoms with Crippen LogP contribution < -0.4 is 5.46 Å². The third kappa shape index (κ3) is 4.57. The van der Waals surface area contributed by atoms with Gasteiger partial charge in [0.25, 0.3) is 0 Å². The monoisotopic (exact) mass is 572 g/mol. The SMILES string of the molecule is CC1(C)OB(c2c(-c3cc(-c4ccc(C#N)cc4)cc(-c4ccc(C#N)cc4)c3)ccc3c2oc2ccccc23)OC1(C)C. The van der Waals surface area contributed by atoms with Gasteiger partial charge in [-0.3, -0.25) is 0 Å². The summed E-state index contributed by atoms with van der Waals surface area (Å²) in [6.07, 6.45) is 0. The zero-order valence-corrected chi connectivity index (χ0v) is 25.0. The fourth-order valence-corrected chi connectivity index (χ4v) is 5.85. The van der Waals surface area contributed by atoms with E-state index in [9.17, 15) is 10.5 Å². The molecule has 1 aliphatic rings. The lowest BCUT2D eigenvalue weighted by Crippen LogP contribution is -2.41. The summed E-state index contributed by atoms with van der Waals surface area (Å²) in [7, 11) is -0.656. The molecule has 5 nitrogen and oxygen atoms in total. The topological polar surface area (TPSA) is 79.2 Å². The summed E-state index contributed by atoms with van der Waals surface area (Å²) >= 11 is 0. The van der Waals surface area contributed by atoms with Gasteiger partial charge in [-0.25, -0.2) is 0 Å². The number of benzene rings is 5. The van der Waals surface area contributed by atoms with Gasteiger partial charge in [-0.15, -0.1) is 0 Å². The summed E-state index contributed by atoms with van der Waals surface area (Å²) in [5, 5.41) is 20.8. The van der Waals surface area contributed by atoms with Gasteiger partial charge < -0.3 is 13.7 Å². The van der Waals surface area contributed by atoms with Crippen molar-refractivity contribution in [2.24, 2.45) is 0 Å². The smallest absolute Gasteiger partial charge is 0.456 e. The summed E-state index contributed by atoms with van der Waals surface area (Å²) in [5.41, 5.74) is 8.41. The second-order valence-corrected chi connectivity index (χ2v) is 12.3. The Morgan fingerprint density at radius 3 is 1.64 bits per heavy atom. The molecule has 1 saturated heterocycles. The molecular formula is C38H29BN2O3. The van der Waals surface area contributed by atoms with E-state index in [1.54, 1.807) is 0 Å². The van der Waals surface area contributed by atoms with Crippen molar-refractivity contribution in [2.75, 3.05) is 0 Å². The van der Waals surface area contributed by atoms with Crippen molar-refractivity contribution in [1.29, 1.82) is 10.5 Å². The summed E-state index contributed by atoms with van der Waals surface area (Å²) in [6, 6.07) is 38.4. The number of rotatable bonds is 4. The van der Waals surface area contributed by atoms with E-state index in [-0.39, 0.29) is 0 Å². The lowest BCUT2D eigenvalue weighted by atomic mass is 9.73. The third-order valence-electron chi connectivity index (χ3n) is 9.01. The molecule has 212 valence electrons. The minimum atomic E-state index is -0.656. The van der Waals surface area contributed by atoms with Gasteiger partial charge in [0.15, 0.2) is 0 Å². The molecule has 44 heavy (non-hydrogen) atoms. The summed E-state index contributed by atoms with van der Waals surface area (Å²) in [5.74, 6) is 0. The predicted octanol–water partition coefficient (Wildman–Crippen LogP) is 8.63. The fraction of sp³-hybridized carbons (Fsp3) is 0.158. The maximum absolute atomic E-state index is 9.37. The van der Waals surface area contributed by atoms with E-state index >= 15 is 0 Å². The number of nitrogens with zero attached hydrogens (tertiary/aromatic N) is 2. The maximum Gasteiger partial charge on any atom is 0.499 e. The highest BCUT2D eigenvalue weighted by molar-refractivity contribution is 6.67. The van der Waals surface area contributed by atoms with E-state index in [2.05, 4.69) is 76.2 Å². The molecule has 6 heteroatoms. The molecule has 0 unspecified atom stereocenters. The third-order valence-corrected chi connectivity index (χ3v) is 9.01. The molecule has 6 aromatic rings. The Labute approximate surface area is 257 Å². The molecule has 0 spiro atoms. The molecule has 0 radical (unpaired) electrons. The second-order valence-electron chi connectivity index (χ2n) is 12.3. The van der Waals surface area contributed by atoms with E-state index in [0.29, 0.717) is 11.1 Å². The van der Waals surface area contributed by atoms with E-state index in [1.165, 1.54) is 0 Å². The van der Waals surface area contributed by atoms with Gasteiger partial charge in [0, 0.05) is 16.2 Å². The first-order valence-electron chi connectivity index (χ1n) is 14.6. The Hall–Kier alpha value is -5.14. The molecule has 0 atom stereocenters. The number of nitriles is 2. The van der Waals surface area contributed by atoms with Crippen molar-refractivity contribution in [3.8, 4) is 45.5 Å². The average molecular weight is 572 g/mol. The zero-order chi connectivity index (χ0) is 30.6. The van der Waals surface area contributed by atoms with Gasteiger partial charge in [-0.2, -0.15) is 10.5 Å². The summed E-state index contributed by atoms with van der Waals surface area (Å²) < 4.78 is 19.9. The van der Waals surface area contributed by atoms with Gasteiger partial charge in [0.05, 0.1) is 34.5 Å². The van der Waals surface area contributed by atoms with E-state index in [0.717, 1.165) is 60.8 Å². The number of fused-ring (bicyclic) bond motifs is 3. The van der Waals surface area contributed by atoms with Crippen LogP contribution in [0.2, 0.25) is 0 Å². The molecule has 0 saturated carbocycles. The lowest BCUT2D eigenvalue weighted by Gasteiger charge is -2.32. The van der Waals surface area contributed by atoms with Crippen molar-refractivity contribution >= 4 is 34.5 Å². The van der Waals surface area contributed by atoms with Gasteiger partial charge in [-0.1, -0.05) is 48.5 Å². The second kappa shape index (κ2) is 10.2. The lowest BCUT2D eigenvalue weighted by molar-refractivity contribution is 0.00578. The molecule has 1 aromatic heterocycles. The fourth-order valence-electron chi connectivity index (χ4n) is 5.85. The van der Waals surface area contributed by atoms with Gasteiger partial charge >= 0.3 is 7.12 Å². The highest BCUT2D eigenvalue weighted by Crippen LogP contribution is 2.41. The number of hydrogen-bond donors (Lipinski definition) is 0. The van der Waals surface area contributed by atoms with Crippen molar-refractivity contribution in [1.82, 2.24) is 0 Å². The van der Waals surface area contributed by atoms with Crippen LogP contribution in [0.25, 0.3) is 55.3 Å².